The molecule has 0 aliphatic rings. The van der Waals surface area contributed by atoms with Gasteiger partial charge in [0.1, 0.15) is 6.29 Å². The third-order valence-electron chi connectivity index (χ3n) is 1.93. The lowest BCUT2D eigenvalue weighted by Crippen LogP contribution is -1.93. The van der Waals surface area contributed by atoms with E-state index in [1.807, 2.05) is 13.0 Å². The number of rotatable bonds is 5. The van der Waals surface area contributed by atoms with Gasteiger partial charge in [-0.2, -0.15) is 0 Å². The van der Waals surface area contributed by atoms with Crippen LogP contribution in [0.3, 0.4) is 0 Å². The van der Waals surface area contributed by atoms with Crippen LogP contribution in [0, 0.1) is 5.92 Å². The molecule has 0 spiro atoms. The summed E-state index contributed by atoms with van der Waals surface area (Å²) < 4.78 is 0. The first-order valence-corrected chi connectivity index (χ1v) is 4.89. The third kappa shape index (κ3) is 6.32. The van der Waals surface area contributed by atoms with Crippen molar-refractivity contribution in [2.45, 2.75) is 40.5 Å². The van der Waals surface area contributed by atoms with Crippen molar-refractivity contribution in [2.75, 3.05) is 0 Å². The Labute approximate surface area is 81.5 Å². The number of aldehydes is 1. The van der Waals surface area contributed by atoms with E-state index in [1.165, 1.54) is 5.57 Å². The standard InChI is InChI=1S/C12H20O/c1-5-6-10(2)7-11(3)8-12(4)9-13/h6,8-9,11H,5,7H2,1-4H3/b10-6+,12-8+. The highest BCUT2D eigenvalue weighted by Crippen LogP contribution is 2.13. The molecule has 0 amide bonds. The highest BCUT2D eigenvalue weighted by molar-refractivity contribution is 5.72. The summed E-state index contributed by atoms with van der Waals surface area (Å²) in [6.45, 7) is 8.27. The van der Waals surface area contributed by atoms with Crippen molar-refractivity contribution in [3.8, 4) is 0 Å². The Morgan fingerprint density at radius 2 is 2.00 bits per heavy atom. The van der Waals surface area contributed by atoms with Gasteiger partial charge in [-0.15, -0.1) is 0 Å². The molecule has 0 heterocycles. The Balaban J connectivity index is 4.08. The van der Waals surface area contributed by atoms with E-state index in [4.69, 9.17) is 0 Å². The van der Waals surface area contributed by atoms with Gasteiger partial charge < -0.3 is 0 Å². The van der Waals surface area contributed by atoms with Crippen LogP contribution in [0.1, 0.15) is 40.5 Å². The number of hydrogen-bond acceptors (Lipinski definition) is 1. The first-order chi connectivity index (χ1) is 6.10. The number of carbonyl (C=O) groups is 1. The zero-order valence-corrected chi connectivity index (χ0v) is 9.13. The molecule has 1 unspecified atom stereocenters. The highest BCUT2D eigenvalue weighted by atomic mass is 16.1. The maximum atomic E-state index is 10.4. The molecule has 0 aliphatic carbocycles. The van der Waals surface area contributed by atoms with Crippen LogP contribution in [0.25, 0.3) is 0 Å². The Morgan fingerprint density at radius 3 is 2.46 bits per heavy atom. The Morgan fingerprint density at radius 1 is 1.38 bits per heavy atom. The minimum Gasteiger partial charge on any atom is -0.298 e. The van der Waals surface area contributed by atoms with Crippen LogP contribution in [0.5, 0.6) is 0 Å². The van der Waals surface area contributed by atoms with Gasteiger partial charge in [0, 0.05) is 0 Å². The van der Waals surface area contributed by atoms with Crippen molar-refractivity contribution < 1.29 is 4.79 Å². The predicted molar refractivity (Wildman–Crippen MR) is 57.7 cm³/mol. The summed E-state index contributed by atoms with van der Waals surface area (Å²) in [6.07, 6.45) is 7.32. The van der Waals surface area contributed by atoms with Crippen LogP contribution in [-0.4, -0.2) is 6.29 Å². The number of hydrogen-bond donors (Lipinski definition) is 0. The van der Waals surface area contributed by atoms with Crippen LogP contribution in [-0.2, 0) is 4.79 Å². The van der Waals surface area contributed by atoms with E-state index in [9.17, 15) is 4.79 Å². The average Bonchev–Trinajstić information content (AvgIpc) is 2.04. The van der Waals surface area contributed by atoms with Gasteiger partial charge in [-0.1, -0.05) is 31.6 Å². The SMILES string of the molecule is CC/C=C(\C)CC(C)/C=C(\C)C=O. The van der Waals surface area contributed by atoms with Gasteiger partial charge in [0.25, 0.3) is 0 Å². The van der Waals surface area contributed by atoms with Crippen molar-refractivity contribution in [1.82, 2.24) is 0 Å². The van der Waals surface area contributed by atoms with Crippen LogP contribution >= 0.6 is 0 Å². The smallest absolute Gasteiger partial charge is 0.145 e. The average molecular weight is 180 g/mol. The van der Waals surface area contributed by atoms with Gasteiger partial charge in [0.2, 0.25) is 0 Å². The second-order valence-corrected chi connectivity index (χ2v) is 3.67. The molecule has 0 aromatic rings. The lowest BCUT2D eigenvalue weighted by molar-refractivity contribution is -0.104. The third-order valence-corrected chi connectivity index (χ3v) is 1.93. The molecule has 0 bridgehead atoms. The van der Waals surface area contributed by atoms with Gasteiger partial charge >= 0.3 is 0 Å². The fourth-order valence-electron chi connectivity index (χ4n) is 1.49. The minimum atomic E-state index is 0.466. The van der Waals surface area contributed by atoms with Crippen LogP contribution in [0.4, 0.5) is 0 Å². The van der Waals surface area contributed by atoms with Crippen molar-refractivity contribution >= 4 is 6.29 Å². The summed E-state index contributed by atoms with van der Waals surface area (Å²) >= 11 is 0. The van der Waals surface area contributed by atoms with Crippen LogP contribution in [0.15, 0.2) is 23.3 Å². The zero-order valence-electron chi connectivity index (χ0n) is 9.13. The zero-order chi connectivity index (χ0) is 10.3. The van der Waals surface area contributed by atoms with E-state index >= 15 is 0 Å². The molecule has 0 N–H and O–H groups in total. The summed E-state index contributed by atoms with van der Waals surface area (Å²) in [5.41, 5.74) is 2.24. The Bertz CT molecular complexity index is 211. The Kier molecular flexibility index (Phi) is 6.21. The summed E-state index contributed by atoms with van der Waals surface area (Å²) in [5, 5.41) is 0. The molecule has 1 atom stereocenters. The highest BCUT2D eigenvalue weighted by Gasteiger charge is 1.99. The molecule has 13 heavy (non-hydrogen) atoms. The molecule has 0 saturated carbocycles. The van der Waals surface area contributed by atoms with Crippen LogP contribution < -0.4 is 0 Å². The largest absolute Gasteiger partial charge is 0.298 e. The van der Waals surface area contributed by atoms with Gasteiger partial charge in [-0.05, 0) is 38.2 Å². The molecule has 0 radical (unpaired) electrons. The fraction of sp³-hybridized carbons (Fsp3) is 0.583. The molecular formula is C12H20O. The number of carbonyl (C=O) groups excluding carboxylic acids is 1. The summed E-state index contributed by atoms with van der Waals surface area (Å²) in [5.74, 6) is 0.466. The monoisotopic (exact) mass is 180 g/mol. The quantitative estimate of drug-likeness (QED) is 0.359. The molecule has 0 rings (SSSR count). The molecule has 1 nitrogen and oxygen atoms in total. The van der Waals surface area contributed by atoms with Crippen molar-refractivity contribution in [3.05, 3.63) is 23.3 Å². The van der Waals surface area contributed by atoms with E-state index in [0.717, 1.165) is 24.7 Å². The second kappa shape index (κ2) is 6.64. The molecule has 0 saturated heterocycles. The molecule has 0 aromatic carbocycles. The van der Waals surface area contributed by atoms with Crippen molar-refractivity contribution in [1.29, 1.82) is 0 Å². The van der Waals surface area contributed by atoms with E-state index in [1.54, 1.807) is 0 Å². The first-order valence-electron chi connectivity index (χ1n) is 4.89. The van der Waals surface area contributed by atoms with Gasteiger partial charge in [0.05, 0.1) is 0 Å². The van der Waals surface area contributed by atoms with E-state index in [2.05, 4.69) is 26.8 Å². The van der Waals surface area contributed by atoms with Crippen molar-refractivity contribution in [3.63, 3.8) is 0 Å². The van der Waals surface area contributed by atoms with Gasteiger partial charge in [0.15, 0.2) is 0 Å². The minimum absolute atomic E-state index is 0.466. The predicted octanol–water partition coefficient (Wildman–Crippen LogP) is 3.51. The van der Waals surface area contributed by atoms with E-state index in [0.29, 0.717) is 5.92 Å². The lowest BCUT2D eigenvalue weighted by atomic mass is 9.99. The summed E-state index contributed by atoms with van der Waals surface area (Å²) in [7, 11) is 0. The molecule has 0 aliphatic heterocycles. The van der Waals surface area contributed by atoms with Gasteiger partial charge in [-0.25, -0.2) is 0 Å². The Hall–Kier alpha value is -0.850. The molecule has 0 fully saturated rings. The normalized spacial score (nSPS) is 15.7. The van der Waals surface area contributed by atoms with Gasteiger partial charge in [-0.3, -0.25) is 4.79 Å². The van der Waals surface area contributed by atoms with E-state index < -0.39 is 0 Å². The molecular weight excluding hydrogens is 160 g/mol. The van der Waals surface area contributed by atoms with Crippen LogP contribution in [0.2, 0.25) is 0 Å². The van der Waals surface area contributed by atoms with Crippen molar-refractivity contribution in [2.24, 2.45) is 5.92 Å². The molecule has 1 heteroatoms. The number of allylic oxidation sites excluding steroid dienone is 4. The molecule has 74 valence electrons. The second-order valence-electron chi connectivity index (χ2n) is 3.67. The lowest BCUT2D eigenvalue weighted by Gasteiger charge is -2.06. The first kappa shape index (κ1) is 12.2. The maximum Gasteiger partial charge on any atom is 0.145 e. The topological polar surface area (TPSA) is 17.1 Å². The van der Waals surface area contributed by atoms with E-state index in [-0.39, 0.29) is 0 Å². The fourth-order valence-corrected chi connectivity index (χ4v) is 1.49. The maximum absolute atomic E-state index is 10.4. The summed E-state index contributed by atoms with van der Waals surface area (Å²) in [4.78, 5) is 10.4. The summed E-state index contributed by atoms with van der Waals surface area (Å²) in [6, 6.07) is 0. The molecule has 0 aromatic heterocycles.